The number of hydrogen-bond donors (Lipinski definition) is 1. The van der Waals surface area contributed by atoms with Crippen LogP contribution in [0.5, 0.6) is 0 Å². The lowest BCUT2D eigenvalue weighted by molar-refractivity contribution is 0.674. The van der Waals surface area contributed by atoms with Crippen LogP contribution in [0.1, 0.15) is 36.6 Å². The number of anilines is 1. The van der Waals surface area contributed by atoms with Crippen molar-refractivity contribution in [3.63, 3.8) is 0 Å². The van der Waals surface area contributed by atoms with E-state index < -0.39 is 0 Å². The van der Waals surface area contributed by atoms with E-state index in [1.54, 1.807) is 0 Å². The second kappa shape index (κ2) is 9.57. The minimum absolute atomic E-state index is 0.0395. The zero-order valence-electron chi connectivity index (χ0n) is 22.1. The minimum atomic E-state index is 0.0395. The summed E-state index contributed by atoms with van der Waals surface area (Å²) in [6.07, 6.45) is 4.14. The Hall–Kier alpha value is -4.67. The standard InChI is InChI=1S/C35H30N4/c1-24-21-25(2)39(37-24)29-14-10-13-28(23-29)38-33-17-7-6-15-30(33)31-19-18-27(22-34(31)38)35(26-11-4-3-5-12-26)32-16-8-9-20-36-32/h3-24,35,37H,1-2H3. The summed E-state index contributed by atoms with van der Waals surface area (Å²) in [6, 6.07) is 41.6. The summed E-state index contributed by atoms with van der Waals surface area (Å²) in [5.41, 5.74) is 12.9. The van der Waals surface area contributed by atoms with Crippen molar-refractivity contribution in [1.82, 2.24) is 15.0 Å². The Morgan fingerprint density at radius 2 is 1.46 bits per heavy atom. The van der Waals surface area contributed by atoms with Gasteiger partial charge in [-0.1, -0.05) is 72.8 Å². The van der Waals surface area contributed by atoms with Gasteiger partial charge in [-0.2, -0.15) is 0 Å². The molecular weight excluding hydrogens is 476 g/mol. The highest BCUT2D eigenvalue weighted by Crippen LogP contribution is 2.38. The highest BCUT2D eigenvalue weighted by atomic mass is 15.5. The highest BCUT2D eigenvalue weighted by Gasteiger charge is 2.22. The summed E-state index contributed by atoms with van der Waals surface area (Å²) in [5.74, 6) is 0.0395. The summed E-state index contributed by atoms with van der Waals surface area (Å²) in [6.45, 7) is 4.32. The number of pyridine rings is 1. The number of fused-ring (bicyclic) bond motifs is 3. The van der Waals surface area contributed by atoms with Crippen molar-refractivity contribution in [3.05, 3.63) is 150 Å². The van der Waals surface area contributed by atoms with Crippen molar-refractivity contribution in [3.8, 4) is 5.69 Å². The van der Waals surface area contributed by atoms with Crippen molar-refractivity contribution in [1.29, 1.82) is 0 Å². The Morgan fingerprint density at radius 1 is 0.692 bits per heavy atom. The molecule has 2 atom stereocenters. The van der Waals surface area contributed by atoms with Crippen molar-refractivity contribution < 1.29 is 0 Å². The fraction of sp³-hybridized carbons (Fsp3) is 0.114. The van der Waals surface area contributed by atoms with E-state index in [1.807, 2.05) is 12.3 Å². The summed E-state index contributed by atoms with van der Waals surface area (Å²) in [4.78, 5) is 4.78. The molecule has 0 spiro atoms. The van der Waals surface area contributed by atoms with Crippen LogP contribution in [0.4, 0.5) is 5.69 Å². The number of benzene rings is 4. The minimum Gasteiger partial charge on any atom is -0.309 e. The molecule has 0 fully saturated rings. The number of rotatable bonds is 5. The lowest BCUT2D eigenvalue weighted by Gasteiger charge is -2.23. The Kier molecular flexibility index (Phi) is 5.75. The quantitative estimate of drug-likeness (QED) is 0.257. The monoisotopic (exact) mass is 506 g/mol. The summed E-state index contributed by atoms with van der Waals surface area (Å²) >= 11 is 0. The van der Waals surface area contributed by atoms with Crippen LogP contribution >= 0.6 is 0 Å². The fourth-order valence-electron chi connectivity index (χ4n) is 6.00. The zero-order chi connectivity index (χ0) is 26.3. The van der Waals surface area contributed by atoms with Crippen LogP contribution in [-0.2, 0) is 0 Å². The van der Waals surface area contributed by atoms with Gasteiger partial charge in [0.1, 0.15) is 0 Å². The number of hydrazine groups is 1. The molecule has 2 unspecified atom stereocenters. The molecule has 0 saturated heterocycles. The lowest BCUT2D eigenvalue weighted by Crippen LogP contribution is -2.35. The zero-order valence-corrected chi connectivity index (χ0v) is 22.1. The first-order chi connectivity index (χ1) is 19.2. The van der Waals surface area contributed by atoms with Gasteiger partial charge < -0.3 is 4.57 Å². The molecule has 1 aliphatic rings. The van der Waals surface area contributed by atoms with Gasteiger partial charge in [0.2, 0.25) is 0 Å². The molecule has 0 aliphatic carbocycles. The SMILES string of the molecule is CC1=CC(C)NN1c1cccc(-n2c3ccccc3c3ccc(C(c4ccccc4)c4ccccn4)cc32)c1. The van der Waals surface area contributed by atoms with Crippen molar-refractivity contribution >= 4 is 27.5 Å². The molecule has 0 amide bonds. The Labute approximate surface area is 228 Å². The van der Waals surface area contributed by atoms with Crippen LogP contribution in [0, 0.1) is 0 Å². The maximum Gasteiger partial charge on any atom is 0.0594 e. The number of hydrogen-bond acceptors (Lipinski definition) is 3. The first-order valence-electron chi connectivity index (χ1n) is 13.5. The molecule has 4 heteroatoms. The van der Waals surface area contributed by atoms with Gasteiger partial charge in [0.15, 0.2) is 0 Å². The molecule has 6 aromatic rings. The largest absolute Gasteiger partial charge is 0.309 e. The first kappa shape index (κ1) is 23.4. The smallest absolute Gasteiger partial charge is 0.0594 e. The average molecular weight is 507 g/mol. The Balaban J connectivity index is 1.45. The highest BCUT2D eigenvalue weighted by molar-refractivity contribution is 6.09. The number of allylic oxidation sites excluding steroid dienone is 1. The molecule has 39 heavy (non-hydrogen) atoms. The third-order valence-electron chi connectivity index (χ3n) is 7.67. The van der Waals surface area contributed by atoms with E-state index in [1.165, 1.54) is 38.6 Å². The van der Waals surface area contributed by atoms with Gasteiger partial charge in [-0.15, -0.1) is 0 Å². The Bertz CT molecular complexity index is 1780. The topological polar surface area (TPSA) is 33.1 Å². The molecule has 0 saturated carbocycles. The second-order valence-corrected chi connectivity index (χ2v) is 10.3. The molecule has 0 bridgehead atoms. The molecule has 1 aliphatic heterocycles. The Morgan fingerprint density at radius 3 is 2.26 bits per heavy atom. The first-order valence-corrected chi connectivity index (χ1v) is 13.5. The third kappa shape index (κ3) is 4.10. The summed E-state index contributed by atoms with van der Waals surface area (Å²) < 4.78 is 2.40. The van der Waals surface area contributed by atoms with E-state index in [0.717, 1.165) is 17.1 Å². The molecule has 7 rings (SSSR count). The van der Waals surface area contributed by atoms with Crippen LogP contribution in [0.25, 0.3) is 27.5 Å². The van der Waals surface area contributed by atoms with Gasteiger partial charge >= 0.3 is 0 Å². The second-order valence-electron chi connectivity index (χ2n) is 10.3. The van der Waals surface area contributed by atoms with E-state index in [4.69, 9.17) is 4.98 Å². The third-order valence-corrected chi connectivity index (χ3v) is 7.67. The van der Waals surface area contributed by atoms with Crippen LogP contribution in [-0.4, -0.2) is 15.6 Å². The average Bonchev–Trinajstić information content (AvgIpc) is 3.50. The molecule has 3 heterocycles. The molecule has 4 aromatic carbocycles. The van der Waals surface area contributed by atoms with Crippen LogP contribution in [0.3, 0.4) is 0 Å². The maximum atomic E-state index is 4.78. The number of aromatic nitrogens is 2. The predicted molar refractivity (Wildman–Crippen MR) is 161 cm³/mol. The van der Waals surface area contributed by atoms with Gasteiger partial charge in [-0.3, -0.25) is 9.99 Å². The molecular formula is C35H30N4. The molecule has 4 nitrogen and oxygen atoms in total. The van der Waals surface area contributed by atoms with Crippen LogP contribution < -0.4 is 10.4 Å². The van der Waals surface area contributed by atoms with Gasteiger partial charge in [0, 0.05) is 34.4 Å². The van der Waals surface area contributed by atoms with Gasteiger partial charge in [-0.25, -0.2) is 5.43 Å². The normalized spacial score (nSPS) is 16.1. The van der Waals surface area contributed by atoms with E-state index >= 15 is 0 Å². The van der Waals surface area contributed by atoms with Crippen LogP contribution in [0.15, 0.2) is 133 Å². The summed E-state index contributed by atoms with van der Waals surface area (Å²) in [7, 11) is 0. The van der Waals surface area contributed by atoms with E-state index in [-0.39, 0.29) is 5.92 Å². The molecule has 190 valence electrons. The van der Waals surface area contributed by atoms with Crippen molar-refractivity contribution in [2.24, 2.45) is 0 Å². The molecule has 0 radical (unpaired) electrons. The summed E-state index contributed by atoms with van der Waals surface area (Å²) in [5, 5.41) is 4.68. The van der Waals surface area contributed by atoms with Gasteiger partial charge in [0.05, 0.1) is 28.3 Å². The molecule has 1 N–H and O–H groups in total. The number of nitrogens with zero attached hydrogens (tertiary/aromatic N) is 3. The number of para-hydroxylation sites is 1. The van der Waals surface area contributed by atoms with E-state index in [9.17, 15) is 0 Å². The van der Waals surface area contributed by atoms with Gasteiger partial charge in [-0.05, 0) is 73.5 Å². The van der Waals surface area contributed by atoms with Crippen molar-refractivity contribution in [2.45, 2.75) is 25.8 Å². The molecule has 2 aromatic heterocycles. The van der Waals surface area contributed by atoms with Crippen molar-refractivity contribution in [2.75, 3.05) is 5.01 Å². The maximum absolute atomic E-state index is 4.78. The number of nitrogens with one attached hydrogen (secondary N) is 1. The van der Waals surface area contributed by atoms with E-state index in [2.05, 4.69) is 144 Å². The van der Waals surface area contributed by atoms with Crippen LogP contribution in [0.2, 0.25) is 0 Å². The van der Waals surface area contributed by atoms with E-state index in [0.29, 0.717) is 6.04 Å². The fourth-order valence-corrected chi connectivity index (χ4v) is 6.00. The van der Waals surface area contributed by atoms with Gasteiger partial charge in [0.25, 0.3) is 0 Å². The lowest BCUT2D eigenvalue weighted by atomic mass is 9.87. The predicted octanol–water partition coefficient (Wildman–Crippen LogP) is 7.98.